The lowest BCUT2D eigenvalue weighted by Gasteiger charge is -2.33. The Morgan fingerprint density at radius 1 is 0.979 bits per heavy atom. The number of halogens is 1. The van der Waals surface area contributed by atoms with Gasteiger partial charge in [-0.2, -0.15) is 0 Å². The van der Waals surface area contributed by atoms with Gasteiger partial charge in [0.1, 0.15) is 29.1 Å². The third-order valence-corrected chi connectivity index (χ3v) is 9.33. The van der Waals surface area contributed by atoms with Crippen LogP contribution < -0.4 is 10.6 Å². The third kappa shape index (κ3) is 8.38. The van der Waals surface area contributed by atoms with Crippen molar-refractivity contribution in [3.63, 3.8) is 0 Å². The maximum absolute atomic E-state index is 14.4. The second-order valence-corrected chi connectivity index (χ2v) is 13.1. The summed E-state index contributed by atoms with van der Waals surface area (Å²) in [4.78, 5) is 59.6. The number of carbonyl (C=O) groups excluding carboxylic acids is 4. The average molecular weight is 681 g/mol. The topological polar surface area (TPSA) is 150 Å². The molecule has 0 aliphatic carbocycles. The van der Waals surface area contributed by atoms with E-state index in [1.165, 1.54) is 31.2 Å². The monoisotopic (exact) mass is 680 g/mol. The SMILES string of the molecule is CO[C@@H]1C(=O)O[C@@H](C)[C@@H](C)/C=C(/C)C[C@@H](C)C(=O)N[C@H](C)C(=O)N(C)[C@@H](Cc2c(Cl)[nH]c3ccccc23)C(=O)N[C@@H]1c1ccc(O)cc1. The number of aromatic amines is 1. The third-order valence-electron chi connectivity index (χ3n) is 9.01. The number of aromatic hydroxyl groups is 1. The predicted octanol–water partition coefficient (Wildman–Crippen LogP) is 4.83. The standard InChI is InChI=1S/C36H45ClN4O7/c1-19-16-20(2)23(5)48-36(46)31(47-7)30(24-12-14-25(42)15-13-24)40-34(44)29(18-27-26-10-8-9-11-28(26)39-32(27)37)41(6)35(45)22(4)38-33(43)21(3)17-19/h8-16,20-23,29-31,39,42H,17-18H2,1-7H3,(H,38,43)(H,40,44)/b19-16-/t20-,21+,22+,23-,29-,30+,31-/m0/s1. The van der Waals surface area contributed by atoms with Crippen molar-refractivity contribution in [3.05, 3.63) is 76.5 Å². The molecule has 0 saturated heterocycles. The van der Waals surface area contributed by atoms with Crippen molar-refractivity contribution >= 4 is 46.2 Å². The number of ether oxygens (including phenoxy) is 2. The van der Waals surface area contributed by atoms with Crippen LogP contribution in [0.3, 0.4) is 0 Å². The fourth-order valence-electron chi connectivity index (χ4n) is 6.06. The van der Waals surface area contributed by atoms with Crippen LogP contribution in [0.15, 0.2) is 60.2 Å². The highest BCUT2D eigenvalue weighted by atomic mass is 35.5. The Bertz CT molecular complexity index is 1670. The lowest BCUT2D eigenvalue weighted by atomic mass is 9.95. The van der Waals surface area contributed by atoms with Crippen molar-refractivity contribution in [1.82, 2.24) is 20.5 Å². The van der Waals surface area contributed by atoms with Crippen LogP contribution in [-0.4, -0.2) is 77.1 Å². The van der Waals surface area contributed by atoms with E-state index in [9.17, 15) is 24.3 Å². The minimum Gasteiger partial charge on any atom is -0.508 e. The van der Waals surface area contributed by atoms with Gasteiger partial charge in [0.2, 0.25) is 17.7 Å². The first-order valence-electron chi connectivity index (χ1n) is 16.0. The van der Waals surface area contributed by atoms with E-state index in [1.54, 1.807) is 32.9 Å². The summed E-state index contributed by atoms with van der Waals surface area (Å²) in [5.74, 6) is -2.76. The summed E-state index contributed by atoms with van der Waals surface area (Å²) >= 11 is 6.65. The molecule has 11 nitrogen and oxygen atoms in total. The number of aromatic nitrogens is 1. The summed E-state index contributed by atoms with van der Waals surface area (Å²) in [6.45, 7) is 8.94. The number of amides is 3. The van der Waals surface area contributed by atoms with Crippen LogP contribution in [-0.2, 0) is 35.1 Å². The van der Waals surface area contributed by atoms with Gasteiger partial charge in [-0.3, -0.25) is 14.4 Å². The van der Waals surface area contributed by atoms with Gasteiger partial charge in [-0.05, 0) is 56.5 Å². The molecule has 0 spiro atoms. The Hall–Kier alpha value is -4.35. The zero-order chi connectivity index (χ0) is 35.3. The van der Waals surface area contributed by atoms with Crippen molar-refractivity contribution in [2.24, 2.45) is 11.8 Å². The lowest BCUT2D eigenvalue weighted by Crippen LogP contribution is -2.56. The number of nitrogens with one attached hydrogen (secondary N) is 3. The molecule has 2 heterocycles. The van der Waals surface area contributed by atoms with Crippen LogP contribution in [0.1, 0.15) is 58.2 Å². The zero-order valence-corrected chi connectivity index (χ0v) is 29.1. The van der Waals surface area contributed by atoms with Crippen molar-refractivity contribution < 1.29 is 33.8 Å². The first kappa shape index (κ1) is 36.5. The molecule has 3 aromatic rings. The summed E-state index contributed by atoms with van der Waals surface area (Å²) in [6.07, 6.45) is 0.547. The van der Waals surface area contributed by atoms with E-state index >= 15 is 0 Å². The van der Waals surface area contributed by atoms with Crippen molar-refractivity contribution in [2.45, 2.75) is 77.8 Å². The molecule has 0 saturated carbocycles. The molecule has 48 heavy (non-hydrogen) atoms. The summed E-state index contributed by atoms with van der Waals surface area (Å²) in [7, 11) is 2.84. The Morgan fingerprint density at radius 3 is 2.31 bits per heavy atom. The Balaban J connectivity index is 1.82. The number of allylic oxidation sites excluding steroid dienone is 1. The van der Waals surface area contributed by atoms with Crippen LogP contribution >= 0.6 is 11.6 Å². The number of H-pyrrole nitrogens is 1. The molecule has 0 radical (unpaired) electrons. The molecule has 0 fully saturated rings. The van der Waals surface area contributed by atoms with Crippen LogP contribution in [0.5, 0.6) is 5.75 Å². The number of para-hydroxylation sites is 1. The van der Waals surface area contributed by atoms with E-state index in [-0.39, 0.29) is 24.0 Å². The van der Waals surface area contributed by atoms with Crippen molar-refractivity contribution in [3.8, 4) is 5.75 Å². The van der Waals surface area contributed by atoms with Gasteiger partial charge in [0.15, 0.2) is 6.10 Å². The summed E-state index contributed by atoms with van der Waals surface area (Å²) in [6, 6.07) is 10.3. The van der Waals surface area contributed by atoms with E-state index < -0.39 is 54.0 Å². The molecule has 0 bridgehead atoms. The Kier molecular flexibility index (Phi) is 11.9. The quantitative estimate of drug-likeness (QED) is 0.228. The van der Waals surface area contributed by atoms with Crippen LogP contribution in [0.25, 0.3) is 10.9 Å². The first-order chi connectivity index (χ1) is 22.7. The highest BCUT2D eigenvalue weighted by molar-refractivity contribution is 6.31. The number of rotatable bonds is 4. The minimum atomic E-state index is -1.28. The number of esters is 1. The number of hydrogen-bond donors (Lipinski definition) is 4. The second kappa shape index (κ2) is 15.7. The Morgan fingerprint density at radius 2 is 1.65 bits per heavy atom. The van der Waals surface area contributed by atoms with Gasteiger partial charge in [0.25, 0.3) is 0 Å². The molecule has 4 N–H and O–H groups in total. The minimum absolute atomic E-state index is 0.00560. The predicted molar refractivity (Wildman–Crippen MR) is 183 cm³/mol. The van der Waals surface area contributed by atoms with Gasteiger partial charge in [-0.25, -0.2) is 4.79 Å². The fraction of sp³-hybridized carbons (Fsp3) is 0.444. The van der Waals surface area contributed by atoms with Crippen LogP contribution in [0.2, 0.25) is 5.15 Å². The van der Waals surface area contributed by atoms with E-state index in [4.69, 9.17) is 21.1 Å². The van der Waals surface area contributed by atoms with Crippen molar-refractivity contribution in [2.75, 3.05) is 14.2 Å². The van der Waals surface area contributed by atoms with Crippen LogP contribution in [0, 0.1) is 11.8 Å². The van der Waals surface area contributed by atoms with Gasteiger partial charge in [0.05, 0.1) is 6.04 Å². The molecule has 7 atom stereocenters. The van der Waals surface area contributed by atoms with E-state index in [2.05, 4.69) is 15.6 Å². The molecule has 1 aliphatic rings. The number of methoxy groups -OCH3 is 1. The number of cyclic esters (lactones) is 1. The second-order valence-electron chi connectivity index (χ2n) is 12.7. The smallest absolute Gasteiger partial charge is 0.338 e. The summed E-state index contributed by atoms with van der Waals surface area (Å²) in [5, 5.41) is 16.8. The largest absolute Gasteiger partial charge is 0.508 e. The molecule has 12 heteroatoms. The number of phenolic OH excluding ortho intramolecular Hbond substituents is 1. The maximum atomic E-state index is 14.4. The zero-order valence-electron chi connectivity index (χ0n) is 28.4. The maximum Gasteiger partial charge on any atom is 0.338 e. The molecular formula is C36H45ClN4O7. The molecule has 0 unspecified atom stereocenters. The van der Waals surface area contributed by atoms with E-state index in [0.717, 1.165) is 16.5 Å². The number of carbonyl (C=O) groups is 4. The number of hydrogen-bond acceptors (Lipinski definition) is 7. The fourth-order valence-corrected chi connectivity index (χ4v) is 6.34. The highest BCUT2D eigenvalue weighted by Crippen LogP contribution is 2.30. The molecule has 4 rings (SSSR count). The Labute approximate surface area is 286 Å². The van der Waals surface area contributed by atoms with Gasteiger partial charge < -0.3 is 35.1 Å². The van der Waals surface area contributed by atoms with Gasteiger partial charge in [0, 0.05) is 43.3 Å². The highest BCUT2D eigenvalue weighted by Gasteiger charge is 2.38. The van der Waals surface area contributed by atoms with Gasteiger partial charge in [-0.1, -0.05) is 67.4 Å². The molecule has 1 aliphatic heterocycles. The number of benzene rings is 2. The van der Waals surface area contributed by atoms with Gasteiger partial charge >= 0.3 is 5.97 Å². The molecule has 3 amide bonds. The summed E-state index contributed by atoms with van der Waals surface area (Å²) in [5.41, 5.74) is 2.77. The first-order valence-corrected chi connectivity index (χ1v) is 16.4. The molecule has 2 aromatic carbocycles. The number of fused-ring (bicyclic) bond motifs is 1. The normalized spacial score (nSPS) is 28.1. The van der Waals surface area contributed by atoms with E-state index in [1.807, 2.05) is 44.2 Å². The molecular weight excluding hydrogens is 636 g/mol. The van der Waals surface area contributed by atoms with Crippen LogP contribution in [0.4, 0.5) is 0 Å². The number of likely N-dealkylation sites (N-methyl/N-ethyl adjacent to an activating group) is 1. The average Bonchev–Trinajstić information content (AvgIpc) is 3.36. The number of nitrogens with zero attached hydrogens (tertiary/aromatic N) is 1. The lowest BCUT2D eigenvalue weighted by molar-refractivity contribution is -0.164. The summed E-state index contributed by atoms with van der Waals surface area (Å²) < 4.78 is 11.6. The van der Waals surface area contributed by atoms with Gasteiger partial charge in [-0.15, -0.1) is 0 Å². The van der Waals surface area contributed by atoms with E-state index in [0.29, 0.717) is 22.7 Å². The molecule has 1 aromatic heterocycles. The van der Waals surface area contributed by atoms with Crippen molar-refractivity contribution in [1.29, 1.82) is 0 Å². The molecule has 258 valence electrons. The number of phenols is 1.